The Kier molecular flexibility index (Phi) is 4.26. The van der Waals surface area contributed by atoms with Crippen molar-refractivity contribution in [3.8, 4) is 11.1 Å². The lowest BCUT2D eigenvalue weighted by Crippen LogP contribution is -2.06. The minimum atomic E-state index is 0.179. The maximum absolute atomic E-state index is 6.32. The second-order valence-electron chi connectivity index (χ2n) is 4.58. The number of benzene rings is 1. The fraction of sp³-hybridized carbons (Fsp3) is 0.286. The summed E-state index contributed by atoms with van der Waals surface area (Å²) < 4.78 is 6.26. The van der Waals surface area contributed by atoms with Gasteiger partial charge in [-0.05, 0) is 12.5 Å². The number of hydrogen-bond donors (Lipinski definition) is 0. The van der Waals surface area contributed by atoms with Crippen LogP contribution in [0.4, 0.5) is 0 Å². The average molecular weight is 374 g/mol. The van der Waals surface area contributed by atoms with Crippen molar-refractivity contribution in [3.63, 3.8) is 0 Å². The molecule has 1 unspecified atom stereocenters. The largest absolute Gasteiger partial charge is 0.381 e. The molecule has 0 radical (unpaired) electrons. The van der Waals surface area contributed by atoms with Gasteiger partial charge in [0.1, 0.15) is 16.1 Å². The van der Waals surface area contributed by atoms with Gasteiger partial charge in [-0.25, -0.2) is 9.97 Å². The lowest BCUT2D eigenvalue weighted by molar-refractivity contribution is 0.193. The number of hydrogen-bond acceptors (Lipinski definition) is 3. The Morgan fingerprint density at radius 3 is 2.45 bits per heavy atom. The van der Waals surface area contributed by atoms with E-state index in [1.807, 2.05) is 24.3 Å². The lowest BCUT2D eigenvalue weighted by Gasteiger charge is -2.12. The van der Waals surface area contributed by atoms with Crippen LogP contribution < -0.4 is 0 Å². The summed E-state index contributed by atoms with van der Waals surface area (Å²) in [5.41, 5.74) is 1.54. The van der Waals surface area contributed by atoms with Gasteiger partial charge in [0.2, 0.25) is 0 Å². The van der Waals surface area contributed by atoms with Crippen molar-refractivity contribution in [2.45, 2.75) is 12.3 Å². The van der Waals surface area contributed by atoms with Gasteiger partial charge < -0.3 is 4.74 Å². The first-order valence-corrected chi connectivity index (χ1v) is 7.77. The molecule has 3 rings (SSSR count). The molecule has 104 valence electrons. The summed E-state index contributed by atoms with van der Waals surface area (Å²) in [6.45, 7) is 1.36. The highest BCUT2D eigenvalue weighted by Gasteiger charge is 2.24. The molecule has 0 amide bonds. The summed E-state index contributed by atoms with van der Waals surface area (Å²) in [5, 5.41) is 0.748. The van der Waals surface area contributed by atoms with Crippen molar-refractivity contribution in [1.82, 2.24) is 9.97 Å². The zero-order chi connectivity index (χ0) is 14.1. The highest BCUT2D eigenvalue weighted by Crippen LogP contribution is 2.38. The summed E-state index contributed by atoms with van der Waals surface area (Å²) >= 11 is 16.1. The Balaban J connectivity index is 2.07. The molecule has 1 aromatic carbocycles. The van der Waals surface area contributed by atoms with Gasteiger partial charge in [-0.15, -0.1) is 0 Å². The van der Waals surface area contributed by atoms with E-state index in [1.54, 1.807) is 0 Å². The maximum atomic E-state index is 6.32. The van der Waals surface area contributed by atoms with Gasteiger partial charge in [0, 0.05) is 22.6 Å². The molecular formula is C14H11BrCl2N2O. The zero-order valence-corrected chi connectivity index (χ0v) is 13.5. The van der Waals surface area contributed by atoms with E-state index in [2.05, 4.69) is 25.9 Å². The molecule has 0 spiro atoms. The minimum Gasteiger partial charge on any atom is -0.381 e. The summed E-state index contributed by atoms with van der Waals surface area (Å²) in [5.74, 6) is 0.839. The standard InChI is InChI=1S/C14H11BrCl2N2O/c15-10-4-2-1-3-9(10)11-12(16)18-14(19-13(11)17)8-5-6-20-7-8/h1-4,8H,5-7H2. The van der Waals surface area contributed by atoms with Crippen LogP contribution in [0.25, 0.3) is 11.1 Å². The number of rotatable bonds is 2. The van der Waals surface area contributed by atoms with Crippen LogP contribution in [-0.4, -0.2) is 23.2 Å². The quantitative estimate of drug-likeness (QED) is 0.714. The first-order chi connectivity index (χ1) is 9.66. The molecule has 1 atom stereocenters. The zero-order valence-electron chi connectivity index (χ0n) is 10.4. The third-order valence-corrected chi connectivity index (χ3v) is 4.51. The molecular weight excluding hydrogens is 363 g/mol. The molecule has 1 aromatic heterocycles. The van der Waals surface area contributed by atoms with Gasteiger partial charge in [0.15, 0.2) is 0 Å². The fourth-order valence-electron chi connectivity index (χ4n) is 2.23. The third kappa shape index (κ3) is 2.70. The number of aromatic nitrogens is 2. The molecule has 1 fully saturated rings. The van der Waals surface area contributed by atoms with Gasteiger partial charge in [0.25, 0.3) is 0 Å². The van der Waals surface area contributed by atoms with Crippen LogP contribution >= 0.6 is 39.1 Å². The minimum absolute atomic E-state index is 0.179. The van der Waals surface area contributed by atoms with Crippen LogP contribution in [0.15, 0.2) is 28.7 Å². The molecule has 1 saturated heterocycles. The molecule has 1 aliphatic heterocycles. The van der Waals surface area contributed by atoms with E-state index in [-0.39, 0.29) is 5.92 Å². The van der Waals surface area contributed by atoms with Crippen LogP contribution in [0.2, 0.25) is 10.3 Å². The molecule has 0 N–H and O–H groups in total. The lowest BCUT2D eigenvalue weighted by atomic mass is 10.1. The summed E-state index contributed by atoms with van der Waals surface area (Å²) in [6, 6.07) is 7.71. The van der Waals surface area contributed by atoms with E-state index < -0.39 is 0 Å². The van der Waals surface area contributed by atoms with Gasteiger partial charge in [-0.3, -0.25) is 0 Å². The molecule has 2 aromatic rings. The van der Waals surface area contributed by atoms with E-state index in [4.69, 9.17) is 27.9 Å². The van der Waals surface area contributed by atoms with Crippen molar-refractivity contribution < 1.29 is 4.74 Å². The number of halogens is 3. The van der Waals surface area contributed by atoms with Crippen LogP contribution in [0, 0.1) is 0 Å². The molecule has 3 nitrogen and oxygen atoms in total. The van der Waals surface area contributed by atoms with Crippen molar-refractivity contribution in [2.75, 3.05) is 13.2 Å². The second-order valence-corrected chi connectivity index (χ2v) is 6.15. The highest BCUT2D eigenvalue weighted by atomic mass is 79.9. The fourth-order valence-corrected chi connectivity index (χ4v) is 3.32. The van der Waals surface area contributed by atoms with Crippen molar-refractivity contribution >= 4 is 39.1 Å². The van der Waals surface area contributed by atoms with Crippen LogP contribution in [0.5, 0.6) is 0 Å². The van der Waals surface area contributed by atoms with Crippen LogP contribution in [-0.2, 0) is 4.74 Å². The Hall–Kier alpha value is -0.680. The van der Waals surface area contributed by atoms with Crippen LogP contribution in [0.3, 0.4) is 0 Å². The Morgan fingerprint density at radius 1 is 1.15 bits per heavy atom. The van der Waals surface area contributed by atoms with Gasteiger partial charge in [0.05, 0.1) is 12.2 Å². The molecule has 2 heterocycles. The average Bonchev–Trinajstić information content (AvgIpc) is 2.94. The van der Waals surface area contributed by atoms with Gasteiger partial charge >= 0.3 is 0 Å². The Bertz CT molecular complexity index is 622. The highest BCUT2D eigenvalue weighted by molar-refractivity contribution is 9.10. The molecule has 0 saturated carbocycles. The SMILES string of the molecule is Clc1nc(C2CCOC2)nc(Cl)c1-c1ccccc1Br. The normalized spacial score (nSPS) is 18.4. The molecule has 0 aliphatic carbocycles. The molecule has 1 aliphatic rings. The van der Waals surface area contributed by atoms with Crippen molar-refractivity contribution in [2.24, 2.45) is 0 Å². The van der Waals surface area contributed by atoms with E-state index in [1.165, 1.54) is 0 Å². The first-order valence-electron chi connectivity index (χ1n) is 6.22. The topological polar surface area (TPSA) is 35.0 Å². The predicted molar refractivity (Wildman–Crippen MR) is 83.4 cm³/mol. The monoisotopic (exact) mass is 372 g/mol. The van der Waals surface area contributed by atoms with Crippen molar-refractivity contribution in [1.29, 1.82) is 0 Å². The smallest absolute Gasteiger partial charge is 0.142 e. The van der Waals surface area contributed by atoms with Crippen molar-refractivity contribution in [3.05, 3.63) is 44.9 Å². The predicted octanol–water partition coefficient (Wildman–Crippen LogP) is 4.72. The Labute approximate surface area is 135 Å². The second kappa shape index (κ2) is 5.98. The maximum Gasteiger partial charge on any atom is 0.142 e. The molecule has 6 heteroatoms. The first kappa shape index (κ1) is 14.3. The summed E-state index contributed by atoms with van der Waals surface area (Å²) in [6.07, 6.45) is 0.904. The third-order valence-electron chi connectivity index (χ3n) is 3.28. The van der Waals surface area contributed by atoms with Crippen LogP contribution in [0.1, 0.15) is 18.2 Å². The van der Waals surface area contributed by atoms with Gasteiger partial charge in [-0.1, -0.05) is 57.3 Å². The Morgan fingerprint density at radius 2 is 1.85 bits per heavy atom. The van der Waals surface area contributed by atoms with E-state index >= 15 is 0 Å². The summed E-state index contributed by atoms with van der Waals surface area (Å²) in [4.78, 5) is 8.81. The van der Waals surface area contributed by atoms with E-state index in [0.29, 0.717) is 28.3 Å². The summed E-state index contributed by atoms with van der Waals surface area (Å²) in [7, 11) is 0. The van der Waals surface area contributed by atoms with E-state index in [0.717, 1.165) is 23.1 Å². The number of ether oxygens (including phenoxy) is 1. The number of nitrogens with zero attached hydrogens (tertiary/aromatic N) is 2. The van der Waals surface area contributed by atoms with Gasteiger partial charge in [-0.2, -0.15) is 0 Å². The van der Waals surface area contributed by atoms with E-state index in [9.17, 15) is 0 Å². The molecule has 0 bridgehead atoms. The molecule has 20 heavy (non-hydrogen) atoms.